The number of esters is 1. The van der Waals surface area contributed by atoms with Crippen LogP contribution in [0.3, 0.4) is 0 Å². The highest BCUT2D eigenvalue weighted by atomic mass is 35.5. The highest BCUT2D eigenvalue weighted by Crippen LogP contribution is 2.22. The fraction of sp³-hybridized carbons (Fsp3) is 0.333. The summed E-state index contributed by atoms with van der Waals surface area (Å²) in [6.07, 6.45) is -1.12. The summed E-state index contributed by atoms with van der Waals surface area (Å²) in [6, 6.07) is 19.5. The average Bonchev–Trinajstić information content (AvgIpc) is 2.90. The fourth-order valence-electron chi connectivity index (χ4n) is 3.90. The number of sulfone groups is 1. The summed E-state index contributed by atoms with van der Waals surface area (Å²) >= 11 is 6.05. The number of benzene rings is 3. The van der Waals surface area contributed by atoms with E-state index in [1.54, 1.807) is 69.3 Å². The molecule has 10 heteroatoms. The summed E-state index contributed by atoms with van der Waals surface area (Å²) in [5, 5.41) is 11.2. The van der Waals surface area contributed by atoms with E-state index in [0.717, 1.165) is 5.56 Å². The molecule has 0 saturated heterocycles. The van der Waals surface area contributed by atoms with E-state index in [2.05, 4.69) is 4.74 Å². The van der Waals surface area contributed by atoms with Crippen molar-refractivity contribution in [3.05, 3.63) is 100 Å². The maximum absolute atomic E-state index is 13.0. The van der Waals surface area contributed by atoms with Crippen molar-refractivity contribution in [2.24, 2.45) is 0 Å². The van der Waals surface area contributed by atoms with Crippen molar-refractivity contribution in [3.63, 3.8) is 0 Å². The Kier molecular flexibility index (Phi) is 10.4. The highest BCUT2D eigenvalue weighted by molar-refractivity contribution is 7.90. The third-order valence-electron chi connectivity index (χ3n) is 5.96. The lowest BCUT2D eigenvalue weighted by atomic mass is 10.1. The Balaban J connectivity index is 1.68. The molecular formula is C30H34ClNO7S. The molecule has 0 radical (unpaired) electrons. The van der Waals surface area contributed by atoms with Gasteiger partial charge in [0.25, 0.3) is 0 Å². The Morgan fingerprint density at radius 2 is 1.60 bits per heavy atom. The molecule has 0 fully saturated rings. The van der Waals surface area contributed by atoms with Crippen LogP contribution in [-0.4, -0.2) is 56.3 Å². The average molecular weight is 588 g/mol. The summed E-state index contributed by atoms with van der Waals surface area (Å²) in [6.45, 7) is 5.54. The van der Waals surface area contributed by atoms with Gasteiger partial charge in [0.2, 0.25) is 0 Å². The molecule has 3 rings (SSSR count). The Morgan fingerprint density at radius 3 is 2.17 bits per heavy atom. The second kappa shape index (κ2) is 13.3. The van der Waals surface area contributed by atoms with Crippen LogP contribution in [-0.2, 0) is 31.5 Å². The van der Waals surface area contributed by atoms with E-state index in [1.165, 1.54) is 36.3 Å². The molecule has 8 nitrogen and oxygen atoms in total. The van der Waals surface area contributed by atoms with Crippen molar-refractivity contribution in [1.82, 2.24) is 4.90 Å². The molecule has 0 aliphatic rings. The lowest BCUT2D eigenvalue weighted by Gasteiger charge is -2.29. The molecule has 0 unspecified atom stereocenters. The molecule has 3 aromatic rings. The van der Waals surface area contributed by atoms with Crippen molar-refractivity contribution in [2.75, 3.05) is 20.2 Å². The molecule has 3 aromatic carbocycles. The number of amides is 1. The van der Waals surface area contributed by atoms with Crippen molar-refractivity contribution in [2.45, 2.75) is 49.5 Å². The first-order chi connectivity index (χ1) is 18.8. The minimum absolute atomic E-state index is 0.00349. The number of hydrogen-bond donors (Lipinski definition) is 1. The Morgan fingerprint density at radius 1 is 0.975 bits per heavy atom. The second-order valence-electron chi connectivity index (χ2n) is 10.3. The maximum atomic E-state index is 13.0. The number of hydrogen-bond acceptors (Lipinski definition) is 7. The minimum Gasteiger partial charge on any atom is -0.465 e. The zero-order chi connectivity index (χ0) is 29.5. The number of halogens is 1. The third kappa shape index (κ3) is 9.08. The van der Waals surface area contributed by atoms with Gasteiger partial charge in [0.15, 0.2) is 9.84 Å². The zero-order valence-electron chi connectivity index (χ0n) is 23.0. The van der Waals surface area contributed by atoms with Gasteiger partial charge in [-0.15, -0.1) is 0 Å². The molecule has 0 bridgehead atoms. The van der Waals surface area contributed by atoms with Crippen LogP contribution in [0, 0.1) is 0 Å². The van der Waals surface area contributed by atoms with Gasteiger partial charge < -0.3 is 19.5 Å². The summed E-state index contributed by atoms with van der Waals surface area (Å²) in [5.41, 5.74) is 1.56. The smallest absolute Gasteiger partial charge is 0.410 e. The van der Waals surface area contributed by atoms with Crippen molar-refractivity contribution < 1.29 is 32.6 Å². The molecule has 214 valence electrons. The largest absolute Gasteiger partial charge is 0.465 e. The van der Waals surface area contributed by atoms with Crippen molar-refractivity contribution in [1.29, 1.82) is 0 Å². The molecule has 0 spiro atoms. The van der Waals surface area contributed by atoms with E-state index in [-0.39, 0.29) is 23.7 Å². The van der Waals surface area contributed by atoms with Gasteiger partial charge >= 0.3 is 12.1 Å². The van der Waals surface area contributed by atoms with Crippen LogP contribution in [0.1, 0.15) is 53.9 Å². The third-order valence-corrected chi connectivity index (χ3v) is 7.90. The van der Waals surface area contributed by atoms with Gasteiger partial charge in [0, 0.05) is 11.6 Å². The highest BCUT2D eigenvalue weighted by Gasteiger charge is 2.25. The lowest BCUT2D eigenvalue weighted by molar-refractivity contribution is 0.0147. The van der Waals surface area contributed by atoms with Gasteiger partial charge in [0.05, 0.1) is 36.0 Å². The van der Waals surface area contributed by atoms with Crippen LogP contribution in [0.4, 0.5) is 4.79 Å². The molecular weight excluding hydrogens is 554 g/mol. The van der Waals surface area contributed by atoms with E-state index in [1.807, 2.05) is 0 Å². The summed E-state index contributed by atoms with van der Waals surface area (Å²) in [7, 11) is -2.35. The monoisotopic (exact) mass is 587 g/mol. The van der Waals surface area contributed by atoms with Gasteiger partial charge in [-0.05, 0) is 80.3 Å². The fourth-order valence-corrected chi connectivity index (χ4v) is 5.44. The first-order valence-electron chi connectivity index (χ1n) is 12.7. The molecule has 40 heavy (non-hydrogen) atoms. The van der Waals surface area contributed by atoms with E-state index in [9.17, 15) is 23.1 Å². The predicted molar refractivity (Wildman–Crippen MR) is 153 cm³/mol. The molecule has 1 amide bonds. The number of rotatable bonds is 10. The topological polar surface area (TPSA) is 110 Å². The van der Waals surface area contributed by atoms with Crippen LogP contribution in [0.25, 0.3) is 0 Å². The summed E-state index contributed by atoms with van der Waals surface area (Å²) < 4.78 is 36.1. The predicted octanol–water partition coefficient (Wildman–Crippen LogP) is 5.61. The summed E-state index contributed by atoms with van der Waals surface area (Å²) in [5.74, 6) is -0.712. The number of carbonyl (C=O) groups excluding carboxylic acids is 2. The number of methoxy groups -OCH3 is 1. The lowest BCUT2D eigenvalue weighted by Crippen LogP contribution is -2.40. The zero-order valence-corrected chi connectivity index (χ0v) is 24.5. The normalized spacial score (nSPS) is 12.4. The van der Waals surface area contributed by atoms with E-state index in [4.69, 9.17) is 16.3 Å². The molecule has 0 heterocycles. The number of nitrogens with zero attached hydrogens (tertiary/aromatic N) is 1. The van der Waals surface area contributed by atoms with Gasteiger partial charge in [-0.25, -0.2) is 18.0 Å². The van der Waals surface area contributed by atoms with Crippen LogP contribution < -0.4 is 0 Å². The van der Waals surface area contributed by atoms with Crippen LogP contribution in [0.5, 0.6) is 0 Å². The van der Waals surface area contributed by atoms with Gasteiger partial charge in [0.1, 0.15) is 5.60 Å². The molecule has 1 atom stereocenters. The number of aliphatic hydroxyl groups excluding tert-OH is 1. The van der Waals surface area contributed by atoms with Crippen LogP contribution >= 0.6 is 11.6 Å². The minimum atomic E-state index is -3.63. The molecule has 1 N–H and O–H groups in total. The Hall–Kier alpha value is -3.40. The Bertz CT molecular complexity index is 1420. The molecule has 0 saturated carbocycles. The first-order valence-corrected chi connectivity index (χ1v) is 14.7. The number of carbonyl (C=O) groups is 2. The van der Waals surface area contributed by atoms with E-state index >= 15 is 0 Å². The molecule has 0 aliphatic heterocycles. The van der Waals surface area contributed by atoms with E-state index in [0.29, 0.717) is 28.1 Å². The van der Waals surface area contributed by atoms with Crippen LogP contribution in [0.2, 0.25) is 5.02 Å². The van der Waals surface area contributed by atoms with E-state index < -0.39 is 33.6 Å². The number of aliphatic hydroxyl groups is 1. The van der Waals surface area contributed by atoms with Crippen molar-refractivity contribution >= 4 is 33.5 Å². The quantitative estimate of drug-likeness (QED) is 0.307. The number of ether oxygens (including phenoxy) is 2. The SMILES string of the molecule is COC(=O)c1ccc(CS(=O)(=O)c2ccc(CCN(C[C@@H](O)c3cccc(Cl)c3)C(=O)OC(C)(C)C)cc2)cc1. The van der Waals surface area contributed by atoms with Gasteiger partial charge in [-0.2, -0.15) is 0 Å². The van der Waals surface area contributed by atoms with Crippen LogP contribution in [0.15, 0.2) is 77.7 Å². The molecule has 0 aromatic heterocycles. The van der Waals surface area contributed by atoms with Gasteiger partial charge in [-0.1, -0.05) is 48.0 Å². The first kappa shape index (κ1) is 31.1. The van der Waals surface area contributed by atoms with Crippen molar-refractivity contribution in [3.8, 4) is 0 Å². The maximum Gasteiger partial charge on any atom is 0.410 e. The van der Waals surface area contributed by atoms with Gasteiger partial charge in [-0.3, -0.25) is 0 Å². The second-order valence-corrected chi connectivity index (χ2v) is 12.8. The molecule has 0 aliphatic carbocycles. The Labute approximate surface area is 240 Å². The standard InChI is InChI=1S/C30H34ClNO7S/c1-30(2,3)39-29(35)32(19-27(33)24-6-5-7-25(31)18-24)17-16-21-10-14-26(15-11-21)40(36,37)20-22-8-12-23(13-9-22)28(34)38-4/h5-15,18,27,33H,16-17,19-20H2,1-4H3/t27-/m1/s1. The summed E-state index contributed by atoms with van der Waals surface area (Å²) in [4.78, 5) is 26.1.